The molecule has 0 spiro atoms. The summed E-state index contributed by atoms with van der Waals surface area (Å²) >= 11 is 0. The molecule has 2 nitrogen and oxygen atoms in total. The van der Waals surface area contributed by atoms with Gasteiger partial charge in [-0.2, -0.15) is 10.2 Å². The van der Waals surface area contributed by atoms with E-state index in [0.717, 1.165) is 5.70 Å². The van der Waals surface area contributed by atoms with Crippen LogP contribution in [0.1, 0.15) is 6.92 Å². The summed E-state index contributed by atoms with van der Waals surface area (Å²) in [4.78, 5) is 0. The second kappa shape index (κ2) is 1.90. The Bertz CT molecular complexity index is 269. The second-order valence-corrected chi connectivity index (χ2v) is 2.45. The molecular formula is C8H8N2. The van der Waals surface area contributed by atoms with E-state index in [1.165, 1.54) is 5.57 Å². The first-order valence-corrected chi connectivity index (χ1v) is 3.34. The molecule has 2 rings (SSSR count). The molecule has 0 N–H and O–H groups in total. The van der Waals surface area contributed by atoms with Crippen LogP contribution in [0.2, 0.25) is 0 Å². The molecule has 0 aromatic heterocycles. The minimum absolute atomic E-state index is 0.213. The highest BCUT2D eigenvalue weighted by molar-refractivity contribution is 5.40. The van der Waals surface area contributed by atoms with Gasteiger partial charge in [-0.25, -0.2) is 0 Å². The molecule has 0 radical (unpaired) electrons. The highest BCUT2D eigenvalue weighted by Crippen LogP contribution is 2.25. The Morgan fingerprint density at radius 3 is 3.10 bits per heavy atom. The quantitative estimate of drug-likeness (QED) is 0.482. The maximum atomic E-state index is 4.05. The molecule has 0 amide bonds. The summed E-state index contributed by atoms with van der Waals surface area (Å²) in [5.74, 6) is 0. The highest BCUT2D eigenvalue weighted by Gasteiger charge is 2.17. The lowest BCUT2D eigenvalue weighted by Gasteiger charge is -2.04. The third-order valence-electron chi connectivity index (χ3n) is 1.75. The lowest BCUT2D eigenvalue weighted by atomic mass is 10.0. The van der Waals surface area contributed by atoms with E-state index < -0.39 is 0 Å². The fraction of sp³-hybridized carbons (Fsp3) is 0.250. The molecule has 0 aromatic carbocycles. The van der Waals surface area contributed by atoms with Gasteiger partial charge in [0.05, 0.1) is 5.70 Å². The van der Waals surface area contributed by atoms with Crippen LogP contribution in [0.5, 0.6) is 0 Å². The van der Waals surface area contributed by atoms with Crippen molar-refractivity contribution in [2.45, 2.75) is 13.0 Å². The molecule has 0 saturated carbocycles. The molecule has 10 heavy (non-hydrogen) atoms. The van der Waals surface area contributed by atoms with Crippen LogP contribution in [0.25, 0.3) is 0 Å². The van der Waals surface area contributed by atoms with Crippen LogP contribution in [0.15, 0.2) is 45.8 Å². The van der Waals surface area contributed by atoms with Gasteiger partial charge in [-0.15, -0.1) is 0 Å². The van der Waals surface area contributed by atoms with Gasteiger partial charge in [0, 0.05) is 5.57 Å². The molecule has 1 aliphatic carbocycles. The highest BCUT2D eigenvalue weighted by atomic mass is 15.2. The molecule has 50 valence electrons. The van der Waals surface area contributed by atoms with Crippen molar-refractivity contribution in [1.29, 1.82) is 0 Å². The smallest absolute Gasteiger partial charge is 0.116 e. The Morgan fingerprint density at radius 1 is 1.40 bits per heavy atom. The van der Waals surface area contributed by atoms with Gasteiger partial charge < -0.3 is 0 Å². The molecule has 0 saturated heterocycles. The van der Waals surface area contributed by atoms with Gasteiger partial charge in [-0.1, -0.05) is 24.3 Å². The van der Waals surface area contributed by atoms with E-state index in [4.69, 9.17) is 0 Å². The molecule has 2 aliphatic rings. The monoisotopic (exact) mass is 132 g/mol. The first-order chi connectivity index (χ1) is 4.88. The summed E-state index contributed by atoms with van der Waals surface area (Å²) in [5, 5.41) is 8.03. The molecule has 1 unspecified atom stereocenters. The van der Waals surface area contributed by atoms with E-state index in [1.807, 2.05) is 19.1 Å². The summed E-state index contributed by atoms with van der Waals surface area (Å²) < 4.78 is 0. The molecule has 0 fully saturated rings. The Balaban J connectivity index is 2.46. The predicted octanol–water partition coefficient (Wildman–Crippen LogP) is 2.22. The van der Waals surface area contributed by atoms with Crippen LogP contribution in [0.4, 0.5) is 0 Å². The van der Waals surface area contributed by atoms with E-state index in [1.54, 1.807) is 0 Å². The summed E-state index contributed by atoms with van der Waals surface area (Å²) in [7, 11) is 0. The van der Waals surface area contributed by atoms with Crippen molar-refractivity contribution in [1.82, 2.24) is 0 Å². The minimum Gasteiger partial charge on any atom is -0.176 e. The summed E-state index contributed by atoms with van der Waals surface area (Å²) in [6.07, 6.45) is 8.15. The minimum atomic E-state index is 0.213. The van der Waals surface area contributed by atoms with Crippen molar-refractivity contribution in [3.63, 3.8) is 0 Å². The fourth-order valence-electron chi connectivity index (χ4n) is 1.17. The summed E-state index contributed by atoms with van der Waals surface area (Å²) in [5.41, 5.74) is 2.29. The van der Waals surface area contributed by atoms with Crippen LogP contribution in [-0.4, -0.2) is 6.04 Å². The number of hydrogen-bond donors (Lipinski definition) is 0. The van der Waals surface area contributed by atoms with Gasteiger partial charge in [-0.05, 0) is 6.92 Å². The van der Waals surface area contributed by atoms with Gasteiger partial charge in [0.25, 0.3) is 0 Å². The number of nitrogens with zero attached hydrogens (tertiary/aromatic N) is 2. The van der Waals surface area contributed by atoms with Crippen molar-refractivity contribution < 1.29 is 0 Å². The van der Waals surface area contributed by atoms with Crippen LogP contribution in [0, 0.1) is 0 Å². The maximum absolute atomic E-state index is 4.05. The van der Waals surface area contributed by atoms with Crippen molar-refractivity contribution in [3.05, 3.63) is 35.6 Å². The maximum Gasteiger partial charge on any atom is 0.116 e. The van der Waals surface area contributed by atoms with Crippen LogP contribution < -0.4 is 0 Å². The standard InChI is InChI=1S/C8H8N2/c1-6-7-4-2-3-5-8(7)10-9-6/h2-5,8H,1H3. The molecule has 1 aliphatic heterocycles. The number of rotatable bonds is 0. The van der Waals surface area contributed by atoms with Crippen LogP contribution in [0.3, 0.4) is 0 Å². The number of azo groups is 1. The summed E-state index contributed by atoms with van der Waals surface area (Å²) in [6.45, 7) is 1.99. The van der Waals surface area contributed by atoms with Gasteiger partial charge in [0.1, 0.15) is 6.04 Å². The van der Waals surface area contributed by atoms with Crippen LogP contribution in [-0.2, 0) is 0 Å². The average molecular weight is 132 g/mol. The number of fused-ring (bicyclic) bond motifs is 1. The Labute approximate surface area is 59.7 Å². The Morgan fingerprint density at radius 2 is 2.30 bits per heavy atom. The van der Waals surface area contributed by atoms with Crippen LogP contribution >= 0.6 is 0 Å². The van der Waals surface area contributed by atoms with Crippen molar-refractivity contribution in [3.8, 4) is 0 Å². The molecular weight excluding hydrogens is 124 g/mol. The average Bonchev–Trinajstić information content (AvgIpc) is 2.34. The lowest BCUT2D eigenvalue weighted by molar-refractivity contribution is 0.944. The number of hydrogen-bond acceptors (Lipinski definition) is 2. The normalized spacial score (nSPS) is 27.9. The first-order valence-electron chi connectivity index (χ1n) is 3.34. The van der Waals surface area contributed by atoms with E-state index in [9.17, 15) is 0 Å². The summed E-state index contributed by atoms with van der Waals surface area (Å²) in [6, 6.07) is 0.213. The van der Waals surface area contributed by atoms with E-state index >= 15 is 0 Å². The molecule has 2 heteroatoms. The van der Waals surface area contributed by atoms with Crippen molar-refractivity contribution in [2.24, 2.45) is 10.2 Å². The number of allylic oxidation sites excluding steroid dienone is 3. The first kappa shape index (κ1) is 5.59. The van der Waals surface area contributed by atoms with Crippen molar-refractivity contribution in [2.75, 3.05) is 0 Å². The molecule has 1 atom stereocenters. The SMILES string of the molecule is CC1=C2C=CC=CC2N=N1. The zero-order valence-corrected chi connectivity index (χ0v) is 5.78. The molecule has 0 bridgehead atoms. The molecule has 0 aromatic rings. The van der Waals surface area contributed by atoms with Crippen molar-refractivity contribution >= 4 is 0 Å². The van der Waals surface area contributed by atoms with E-state index in [0.29, 0.717) is 0 Å². The zero-order chi connectivity index (χ0) is 6.97. The molecule has 1 heterocycles. The zero-order valence-electron chi connectivity index (χ0n) is 5.78. The van der Waals surface area contributed by atoms with Gasteiger partial charge >= 0.3 is 0 Å². The van der Waals surface area contributed by atoms with E-state index in [2.05, 4.69) is 22.4 Å². The fourth-order valence-corrected chi connectivity index (χ4v) is 1.17. The topological polar surface area (TPSA) is 24.7 Å². The second-order valence-electron chi connectivity index (χ2n) is 2.45. The van der Waals surface area contributed by atoms with Gasteiger partial charge in [-0.3, -0.25) is 0 Å². The third-order valence-corrected chi connectivity index (χ3v) is 1.75. The van der Waals surface area contributed by atoms with Gasteiger partial charge in [0.2, 0.25) is 0 Å². The Kier molecular flexibility index (Phi) is 1.07. The lowest BCUT2D eigenvalue weighted by Crippen LogP contribution is -2.01. The predicted molar refractivity (Wildman–Crippen MR) is 39.6 cm³/mol. The Hall–Kier alpha value is -1.18. The van der Waals surface area contributed by atoms with Gasteiger partial charge in [0.15, 0.2) is 0 Å². The third kappa shape index (κ3) is 0.652. The van der Waals surface area contributed by atoms with E-state index in [-0.39, 0.29) is 6.04 Å². The largest absolute Gasteiger partial charge is 0.176 e.